The van der Waals surface area contributed by atoms with E-state index < -0.39 is 0 Å². The quantitative estimate of drug-likeness (QED) is 0.702. The lowest BCUT2D eigenvalue weighted by atomic mass is 10.1. The van der Waals surface area contributed by atoms with Crippen molar-refractivity contribution in [1.29, 1.82) is 0 Å². The van der Waals surface area contributed by atoms with Crippen LogP contribution in [0.1, 0.15) is 20.8 Å². The van der Waals surface area contributed by atoms with Gasteiger partial charge in [-0.1, -0.05) is 11.8 Å². The maximum Gasteiger partial charge on any atom is 0.234 e. The minimum atomic E-state index is -0.233. The van der Waals surface area contributed by atoms with Crippen LogP contribution in [0.25, 0.3) is 11.6 Å². The standard InChI is InChI=1S/C19H28N6O3S/c1-19(2,3)20-15(26)12-24-7-9-25(10-8-24)16(27)13-29-18-22-21-17(23(18)4)14-6-5-11-28-14/h5-6,11H,7-10,12-13H2,1-4H3,(H,20,26). The van der Waals surface area contributed by atoms with E-state index in [2.05, 4.69) is 20.4 Å². The van der Waals surface area contributed by atoms with Crippen molar-refractivity contribution in [2.24, 2.45) is 7.05 Å². The van der Waals surface area contributed by atoms with Crippen molar-refractivity contribution in [2.45, 2.75) is 31.5 Å². The molecule has 1 saturated heterocycles. The van der Waals surface area contributed by atoms with E-state index in [0.29, 0.717) is 55.2 Å². The number of furan rings is 1. The molecule has 9 nitrogen and oxygen atoms in total. The van der Waals surface area contributed by atoms with Gasteiger partial charge in [-0.2, -0.15) is 0 Å². The minimum Gasteiger partial charge on any atom is -0.461 e. The number of carbonyl (C=O) groups is 2. The van der Waals surface area contributed by atoms with Crippen molar-refractivity contribution in [3.63, 3.8) is 0 Å². The zero-order chi connectivity index (χ0) is 21.0. The summed E-state index contributed by atoms with van der Waals surface area (Å²) in [6, 6.07) is 3.62. The molecule has 0 radical (unpaired) electrons. The Hall–Kier alpha value is -2.33. The van der Waals surface area contributed by atoms with Crippen molar-refractivity contribution < 1.29 is 14.0 Å². The predicted octanol–water partition coefficient (Wildman–Crippen LogP) is 1.23. The lowest BCUT2D eigenvalue weighted by Gasteiger charge is -2.34. The van der Waals surface area contributed by atoms with Gasteiger partial charge in [0.1, 0.15) is 0 Å². The van der Waals surface area contributed by atoms with E-state index >= 15 is 0 Å². The van der Waals surface area contributed by atoms with Gasteiger partial charge in [0.05, 0.1) is 18.6 Å². The van der Waals surface area contributed by atoms with Gasteiger partial charge >= 0.3 is 0 Å². The Bertz CT molecular complexity index is 835. The summed E-state index contributed by atoms with van der Waals surface area (Å²) in [5.41, 5.74) is -0.233. The number of thioether (sulfide) groups is 1. The lowest BCUT2D eigenvalue weighted by Crippen LogP contribution is -2.53. The highest BCUT2D eigenvalue weighted by atomic mass is 32.2. The summed E-state index contributed by atoms with van der Waals surface area (Å²) in [5.74, 6) is 1.66. The normalized spacial score (nSPS) is 15.5. The van der Waals surface area contributed by atoms with Crippen LogP contribution in [0.3, 0.4) is 0 Å². The fourth-order valence-corrected chi connectivity index (χ4v) is 3.91. The summed E-state index contributed by atoms with van der Waals surface area (Å²) in [6.45, 7) is 8.90. The molecule has 1 N–H and O–H groups in total. The van der Waals surface area contributed by atoms with Crippen LogP contribution in [0, 0.1) is 0 Å². The zero-order valence-corrected chi connectivity index (χ0v) is 18.2. The second-order valence-electron chi connectivity index (χ2n) is 8.09. The first kappa shape index (κ1) is 21.4. The summed E-state index contributed by atoms with van der Waals surface area (Å²) in [7, 11) is 1.85. The van der Waals surface area contributed by atoms with Crippen molar-refractivity contribution in [1.82, 2.24) is 29.9 Å². The van der Waals surface area contributed by atoms with Crippen LogP contribution >= 0.6 is 11.8 Å². The molecule has 0 atom stereocenters. The molecule has 10 heteroatoms. The highest BCUT2D eigenvalue weighted by Gasteiger charge is 2.24. The van der Waals surface area contributed by atoms with Crippen molar-refractivity contribution in [2.75, 3.05) is 38.5 Å². The summed E-state index contributed by atoms with van der Waals surface area (Å²) >= 11 is 1.36. The number of amides is 2. The van der Waals surface area contributed by atoms with Crippen molar-refractivity contribution in [3.05, 3.63) is 18.4 Å². The van der Waals surface area contributed by atoms with Gasteiger partial charge in [-0.25, -0.2) is 0 Å². The van der Waals surface area contributed by atoms with Crippen LogP contribution in [0.15, 0.2) is 28.0 Å². The Morgan fingerprint density at radius 2 is 1.93 bits per heavy atom. The molecule has 1 aliphatic heterocycles. The summed E-state index contributed by atoms with van der Waals surface area (Å²) < 4.78 is 7.18. The third kappa shape index (κ3) is 5.83. The van der Waals surface area contributed by atoms with Gasteiger partial charge in [0.25, 0.3) is 0 Å². The first-order valence-electron chi connectivity index (χ1n) is 9.60. The monoisotopic (exact) mass is 420 g/mol. The maximum atomic E-state index is 12.6. The van der Waals surface area contributed by atoms with Crippen LogP contribution < -0.4 is 5.32 Å². The summed E-state index contributed by atoms with van der Waals surface area (Å²) in [5, 5.41) is 11.9. The van der Waals surface area contributed by atoms with Gasteiger partial charge in [0.15, 0.2) is 16.7 Å². The molecule has 0 bridgehead atoms. The fraction of sp³-hybridized carbons (Fsp3) is 0.579. The molecule has 3 heterocycles. The molecule has 2 aromatic rings. The largest absolute Gasteiger partial charge is 0.461 e. The number of rotatable bonds is 6. The number of carbonyl (C=O) groups excluding carboxylic acids is 2. The van der Waals surface area contributed by atoms with Gasteiger partial charge in [-0.05, 0) is 32.9 Å². The number of nitrogens with one attached hydrogen (secondary N) is 1. The minimum absolute atomic E-state index is 0.0162. The molecule has 3 rings (SSSR count). The van der Waals surface area contributed by atoms with Crippen LogP contribution in [0.2, 0.25) is 0 Å². The average Bonchev–Trinajstić information content (AvgIpc) is 3.28. The smallest absolute Gasteiger partial charge is 0.234 e. The van der Waals surface area contributed by atoms with Crippen LogP contribution in [-0.4, -0.2) is 80.4 Å². The molecule has 0 saturated carbocycles. The molecule has 2 amide bonds. The van der Waals surface area contributed by atoms with Gasteiger partial charge < -0.3 is 19.2 Å². The number of nitrogens with zero attached hydrogens (tertiary/aromatic N) is 5. The first-order valence-corrected chi connectivity index (χ1v) is 10.6. The molecular formula is C19H28N6O3S. The molecule has 29 heavy (non-hydrogen) atoms. The second-order valence-corrected chi connectivity index (χ2v) is 9.03. The molecule has 0 unspecified atom stereocenters. The molecule has 1 aliphatic rings. The molecule has 158 valence electrons. The summed E-state index contributed by atoms with van der Waals surface area (Å²) in [6.07, 6.45) is 1.59. The van der Waals surface area contributed by atoms with Gasteiger partial charge in [0.2, 0.25) is 11.8 Å². The topological polar surface area (TPSA) is 96.5 Å². The Kier molecular flexibility index (Phi) is 6.63. The van der Waals surface area contributed by atoms with Gasteiger partial charge in [-0.15, -0.1) is 10.2 Å². The Balaban J connectivity index is 1.44. The van der Waals surface area contributed by atoms with Gasteiger partial charge in [-0.3, -0.25) is 14.5 Å². The molecule has 2 aromatic heterocycles. The van der Waals surface area contributed by atoms with E-state index in [9.17, 15) is 9.59 Å². The highest BCUT2D eigenvalue weighted by molar-refractivity contribution is 7.99. The van der Waals surface area contributed by atoms with Crippen LogP contribution in [-0.2, 0) is 16.6 Å². The van der Waals surface area contributed by atoms with E-state index in [4.69, 9.17) is 4.42 Å². The van der Waals surface area contributed by atoms with Crippen LogP contribution in [0.5, 0.6) is 0 Å². The first-order chi connectivity index (χ1) is 13.7. The van der Waals surface area contributed by atoms with E-state index in [1.807, 2.05) is 43.4 Å². The Morgan fingerprint density at radius 1 is 1.21 bits per heavy atom. The SMILES string of the molecule is Cn1c(SCC(=O)N2CCN(CC(=O)NC(C)(C)C)CC2)nnc1-c1ccco1. The van der Waals surface area contributed by atoms with E-state index in [1.54, 1.807) is 12.3 Å². The molecule has 0 aliphatic carbocycles. The molecule has 1 fully saturated rings. The predicted molar refractivity (Wildman–Crippen MR) is 110 cm³/mol. The number of hydrogen-bond donors (Lipinski definition) is 1. The maximum absolute atomic E-state index is 12.6. The molecular weight excluding hydrogens is 392 g/mol. The molecule has 0 aromatic carbocycles. The Labute approximate surface area is 174 Å². The number of hydrogen-bond acceptors (Lipinski definition) is 7. The van der Waals surface area contributed by atoms with Gasteiger partial charge in [0, 0.05) is 38.8 Å². The third-order valence-electron chi connectivity index (χ3n) is 4.51. The lowest BCUT2D eigenvalue weighted by molar-refractivity contribution is -0.130. The van der Waals surface area contributed by atoms with E-state index in [1.165, 1.54) is 11.8 Å². The van der Waals surface area contributed by atoms with Crippen LogP contribution in [0.4, 0.5) is 0 Å². The van der Waals surface area contributed by atoms with E-state index in [0.717, 1.165) is 0 Å². The number of aromatic nitrogens is 3. The van der Waals surface area contributed by atoms with E-state index in [-0.39, 0.29) is 17.4 Å². The molecule has 0 spiro atoms. The third-order valence-corrected chi connectivity index (χ3v) is 5.51. The summed E-state index contributed by atoms with van der Waals surface area (Å²) in [4.78, 5) is 28.6. The Morgan fingerprint density at radius 3 is 2.55 bits per heavy atom. The van der Waals surface area contributed by atoms with Crippen molar-refractivity contribution >= 4 is 23.6 Å². The number of piperazine rings is 1. The fourth-order valence-electron chi connectivity index (χ4n) is 3.09. The highest BCUT2D eigenvalue weighted by Crippen LogP contribution is 2.23. The average molecular weight is 421 g/mol. The van der Waals surface area contributed by atoms with Crippen molar-refractivity contribution in [3.8, 4) is 11.6 Å². The zero-order valence-electron chi connectivity index (χ0n) is 17.3. The second kappa shape index (κ2) is 9.00.